The Morgan fingerprint density at radius 2 is 2.11 bits per heavy atom. The molecule has 1 aromatic heterocycles. The molecule has 0 atom stereocenters. The Labute approximate surface area is 111 Å². The van der Waals surface area contributed by atoms with E-state index < -0.39 is 0 Å². The SMILES string of the molecule is CCN(Cc1ccccc1C)C(=O)c1nonc1N. The summed E-state index contributed by atoms with van der Waals surface area (Å²) in [7, 11) is 0. The number of rotatable bonds is 4. The second-order valence-electron chi connectivity index (χ2n) is 4.24. The normalized spacial score (nSPS) is 10.4. The number of nitrogen functional groups attached to an aromatic ring is 1. The molecule has 0 radical (unpaired) electrons. The average Bonchev–Trinajstić information content (AvgIpc) is 2.83. The van der Waals surface area contributed by atoms with Crippen molar-refractivity contribution in [1.82, 2.24) is 15.2 Å². The van der Waals surface area contributed by atoms with Crippen molar-refractivity contribution >= 4 is 11.7 Å². The first-order valence-electron chi connectivity index (χ1n) is 6.05. The van der Waals surface area contributed by atoms with Crippen molar-refractivity contribution in [3.05, 3.63) is 41.1 Å². The lowest BCUT2D eigenvalue weighted by Gasteiger charge is -2.20. The van der Waals surface area contributed by atoms with E-state index in [1.54, 1.807) is 4.90 Å². The lowest BCUT2D eigenvalue weighted by atomic mass is 10.1. The second-order valence-corrected chi connectivity index (χ2v) is 4.24. The maximum absolute atomic E-state index is 12.3. The number of anilines is 1. The van der Waals surface area contributed by atoms with E-state index in [-0.39, 0.29) is 17.4 Å². The highest BCUT2D eigenvalue weighted by atomic mass is 16.6. The summed E-state index contributed by atoms with van der Waals surface area (Å²) in [5.74, 6) is -0.252. The standard InChI is InChI=1S/C13H16N4O2/c1-3-17(8-10-7-5-4-6-9(10)2)13(18)11-12(14)16-19-15-11/h4-7H,3,8H2,1-2H3,(H2,14,16). The smallest absolute Gasteiger partial charge is 0.280 e. The summed E-state index contributed by atoms with van der Waals surface area (Å²) >= 11 is 0. The lowest BCUT2D eigenvalue weighted by molar-refractivity contribution is 0.0742. The molecule has 2 N–H and O–H groups in total. The summed E-state index contributed by atoms with van der Waals surface area (Å²) in [4.78, 5) is 13.9. The van der Waals surface area contributed by atoms with Gasteiger partial charge in [-0.1, -0.05) is 24.3 Å². The predicted octanol–water partition coefficient (Wildman–Crippen LogP) is 1.62. The number of nitrogens with zero attached hydrogens (tertiary/aromatic N) is 3. The molecule has 0 fully saturated rings. The van der Waals surface area contributed by atoms with E-state index in [4.69, 9.17) is 5.73 Å². The van der Waals surface area contributed by atoms with Crippen molar-refractivity contribution in [2.45, 2.75) is 20.4 Å². The van der Waals surface area contributed by atoms with Crippen LogP contribution >= 0.6 is 0 Å². The first-order chi connectivity index (χ1) is 9.13. The molecular formula is C13H16N4O2. The van der Waals surface area contributed by atoms with Gasteiger partial charge in [0.25, 0.3) is 5.91 Å². The van der Waals surface area contributed by atoms with Crippen LogP contribution in [-0.2, 0) is 6.54 Å². The number of nitrogens with two attached hydrogens (primary N) is 1. The van der Waals surface area contributed by atoms with Crippen LogP contribution in [0, 0.1) is 6.92 Å². The Bertz CT molecular complexity index is 580. The fourth-order valence-electron chi connectivity index (χ4n) is 1.81. The Kier molecular flexibility index (Phi) is 3.79. The Balaban J connectivity index is 2.20. The third kappa shape index (κ3) is 2.73. The van der Waals surface area contributed by atoms with E-state index in [1.807, 2.05) is 38.1 Å². The second kappa shape index (κ2) is 5.51. The highest BCUT2D eigenvalue weighted by Crippen LogP contribution is 2.14. The summed E-state index contributed by atoms with van der Waals surface area (Å²) in [6.45, 7) is 4.98. The molecule has 1 heterocycles. The van der Waals surface area contributed by atoms with Crippen LogP contribution in [0.3, 0.4) is 0 Å². The number of carbonyl (C=O) groups is 1. The van der Waals surface area contributed by atoms with Crippen molar-refractivity contribution in [1.29, 1.82) is 0 Å². The Morgan fingerprint density at radius 1 is 1.37 bits per heavy atom. The van der Waals surface area contributed by atoms with Crippen LogP contribution in [0.25, 0.3) is 0 Å². The number of aromatic nitrogens is 2. The minimum absolute atomic E-state index is 0.0215. The quantitative estimate of drug-likeness (QED) is 0.902. The summed E-state index contributed by atoms with van der Waals surface area (Å²) in [5.41, 5.74) is 7.84. The molecule has 19 heavy (non-hydrogen) atoms. The van der Waals surface area contributed by atoms with Crippen molar-refractivity contribution in [3.63, 3.8) is 0 Å². The van der Waals surface area contributed by atoms with E-state index in [0.717, 1.165) is 11.1 Å². The van der Waals surface area contributed by atoms with Gasteiger partial charge in [-0.3, -0.25) is 4.79 Å². The highest BCUT2D eigenvalue weighted by Gasteiger charge is 2.22. The molecule has 6 heteroatoms. The van der Waals surface area contributed by atoms with Crippen molar-refractivity contribution in [2.24, 2.45) is 0 Å². The van der Waals surface area contributed by atoms with E-state index in [1.165, 1.54) is 0 Å². The number of benzene rings is 1. The number of aryl methyl sites for hydroxylation is 1. The van der Waals surface area contributed by atoms with Crippen LogP contribution in [0.5, 0.6) is 0 Å². The van der Waals surface area contributed by atoms with E-state index in [0.29, 0.717) is 13.1 Å². The number of amides is 1. The molecule has 0 saturated carbocycles. The molecule has 2 rings (SSSR count). The minimum atomic E-state index is -0.274. The molecule has 1 amide bonds. The van der Waals surface area contributed by atoms with Gasteiger partial charge in [-0.2, -0.15) is 0 Å². The predicted molar refractivity (Wildman–Crippen MR) is 70.3 cm³/mol. The first-order valence-corrected chi connectivity index (χ1v) is 6.05. The monoisotopic (exact) mass is 260 g/mol. The van der Waals surface area contributed by atoms with Gasteiger partial charge in [-0.25, -0.2) is 4.63 Å². The van der Waals surface area contributed by atoms with Crippen molar-refractivity contribution < 1.29 is 9.42 Å². The molecule has 0 aliphatic carbocycles. The maximum Gasteiger partial charge on any atom is 0.280 e. The van der Waals surface area contributed by atoms with Crippen LogP contribution in [0.15, 0.2) is 28.9 Å². The molecule has 0 unspecified atom stereocenters. The molecule has 0 bridgehead atoms. The van der Waals surface area contributed by atoms with Gasteiger partial charge in [-0.15, -0.1) is 0 Å². The topological polar surface area (TPSA) is 85.2 Å². The molecular weight excluding hydrogens is 244 g/mol. The molecule has 0 aliphatic rings. The summed E-state index contributed by atoms with van der Waals surface area (Å²) in [5, 5.41) is 6.97. The van der Waals surface area contributed by atoms with E-state index in [9.17, 15) is 4.79 Å². The van der Waals surface area contributed by atoms with Gasteiger partial charge < -0.3 is 10.6 Å². The van der Waals surface area contributed by atoms with Gasteiger partial charge in [0.05, 0.1) is 0 Å². The largest absolute Gasteiger partial charge is 0.379 e. The fourth-order valence-corrected chi connectivity index (χ4v) is 1.81. The molecule has 1 aromatic carbocycles. The molecule has 100 valence electrons. The molecule has 0 spiro atoms. The summed E-state index contributed by atoms with van der Waals surface area (Å²) in [6.07, 6.45) is 0. The van der Waals surface area contributed by atoms with Gasteiger partial charge in [0.15, 0.2) is 0 Å². The average molecular weight is 260 g/mol. The van der Waals surface area contributed by atoms with Crippen LogP contribution in [-0.4, -0.2) is 27.7 Å². The number of hydrogen-bond donors (Lipinski definition) is 1. The van der Waals surface area contributed by atoms with Gasteiger partial charge in [-0.05, 0) is 35.3 Å². The third-order valence-electron chi connectivity index (χ3n) is 3.01. The maximum atomic E-state index is 12.3. The van der Waals surface area contributed by atoms with Crippen molar-refractivity contribution in [3.8, 4) is 0 Å². The van der Waals surface area contributed by atoms with Crippen LogP contribution in [0.2, 0.25) is 0 Å². The molecule has 0 saturated heterocycles. The van der Waals surface area contributed by atoms with Gasteiger partial charge >= 0.3 is 0 Å². The van der Waals surface area contributed by atoms with Crippen LogP contribution in [0.1, 0.15) is 28.5 Å². The lowest BCUT2D eigenvalue weighted by Crippen LogP contribution is -2.31. The van der Waals surface area contributed by atoms with Gasteiger partial charge in [0, 0.05) is 13.1 Å². The zero-order chi connectivity index (χ0) is 13.8. The van der Waals surface area contributed by atoms with Gasteiger partial charge in [0.2, 0.25) is 11.5 Å². The van der Waals surface area contributed by atoms with E-state index >= 15 is 0 Å². The van der Waals surface area contributed by atoms with Crippen LogP contribution in [0.4, 0.5) is 5.82 Å². The zero-order valence-electron chi connectivity index (χ0n) is 11.0. The number of carbonyl (C=O) groups excluding carboxylic acids is 1. The summed E-state index contributed by atoms with van der Waals surface area (Å²) in [6, 6.07) is 7.93. The molecule has 0 aliphatic heterocycles. The molecule has 2 aromatic rings. The summed E-state index contributed by atoms with van der Waals surface area (Å²) < 4.78 is 4.46. The zero-order valence-corrected chi connectivity index (χ0v) is 11.0. The number of hydrogen-bond acceptors (Lipinski definition) is 5. The van der Waals surface area contributed by atoms with Crippen molar-refractivity contribution in [2.75, 3.05) is 12.3 Å². The van der Waals surface area contributed by atoms with E-state index in [2.05, 4.69) is 14.9 Å². The minimum Gasteiger partial charge on any atom is -0.379 e. The highest BCUT2D eigenvalue weighted by molar-refractivity contribution is 5.96. The first kappa shape index (κ1) is 13.1. The van der Waals surface area contributed by atoms with Gasteiger partial charge in [0.1, 0.15) is 0 Å². The fraction of sp³-hybridized carbons (Fsp3) is 0.308. The Morgan fingerprint density at radius 3 is 2.68 bits per heavy atom. The van der Waals surface area contributed by atoms with Crippen LogP contribution < -0.4 is 5.73 Å². The Hall–Kier alpha value is -2.37. The molecule has 6 nitrogen and oxygen atoms in total. The third-order valence-corrected chi connectivity index (χ3v) is 3.01.